The van der Waals surface area contributed by atoms with Gasteiger partial charge in [-0.25, -0.2) is 13.2 Å². The number of hydrogen-bond acceptors (Lipinski definition) is 1. The van der Waals surface area contributed by atoms with E-state index in [2.05, 4.69) is 13.8 Å². The standard InChI is InChI=1S/C27H34F4O/c1-3-5-6-7-17-32-23-16-15-22(26(30)27(23)31)21-14-13-20(24(28)25(21)29)19-11-9-18(8-4-2)10-12-19/h13-16,18-19H,3-12,17H2,1-2H3. The molecule has 32 heavy (non-hydrogen) atoms. The Bertz CT molecular complexity index is 888. The topological polar surface area (TPSA) is 9.23 Å². The molecule has 0 radical (unpaired) electrons. The van der Waals surface area contributed by atoms with Crippen molar-refractivity contribution in [2.75, 3.05) is 6.61 Å². The fourth-order valence-corrected chi connectivity index (χ4v) is 4.82. The van der Waals surface area contributed by atoms with Crippen molar-refractivity contribution >= 4 is 0 Å². The Morgan fingerprint density at radius 1 is 0.719 bits per heavy atom. The molecule has 1 aliphatic rings. The van der Waals surface area contributed by atoms with E-state index in [0.29, 0.717) is 11.5 Å². The molecular weight excluding hydrogens is 416 g/mol. The summed E-state index contributed by atoms with van der Waals surface area (Å²) in [6.07, 6.45) is 9.82. The van der Waals surface area contributed by atoms with E-state index in [4.69, 9.17) is 4.74 Å². The van der Waals surface area contributed by atoms with Crippen molar-refractivity contribution in [3.8, 4) is 16.9 Å². The highest BCUT2D eigenvalue weighted by Gasteiger charge is 2.27. The van der Waals surface area contributed by atoms with Crippen LogP contribution in [-0.4, -0.2) is 6.61 Å². The summed E-state index contributed by atoms with van der Waals surface area (Å²) in [6, 6.07) is 5.45. The molecule has 1 nitrogen and oxygen atoms in total. The van der Waals surface area contributed by atoms with Crippen LogP contribution in [0.1, 0.15) is 89.5 Å². The number of hydrogen-bond donors (Lipinski definition) is 0. The summed E-state index contributed by atoms with van der Waals surface area (Å²) in [7, 11) is 0. The molecule has 1 saturated carbocycles. The van der Waals surface area contributed by atoms with Crippen LogP contribution in [0, 0.1) is 29.2 Å². The Balaban J connectivity index is 1.75. The quantitative estimate of drug-likeness (QED) is 0.259. The SMILES string of the molecule is CCCCCCOc1ccc(-c2ccc(C3CCC(CCC)CC3)c(F)c2F)c(F)c1F. The number of rotatable bonds is 10. The normalized spacial score (nSPS) is 18.7. The van der Waals surface area contributed by atoms with E-state index in [1.54, 1.807) is 0 Å². The molecule has 0 heterocycles. The van der Waals surface area contributed by atoms with Crippen LogP contribution in [0.15, 0.2) is 24.3 Å². The van der Waals surface area contributed by atoms with Crippen molar-refractivity contribution in [2.45, 2.75) is 84.0 Å². The van der Waals surface area contributed by atoms with E-state index in [1.807, 2.05) is 0 Å². The van der Waals surface area contributed by atoms with Crippen LogP contribution in [0.25, 0.3) is 11.1 Å². The molecule has 5 heteroatoms. The lowest BCUT2D eigenvalue weighted by Gasteiger charge is -2.29. The van der Waals surface area contributed by atoms with Gasteiger partial charge in [-0.3, -0.25) is 0 Å². The molecular formula is C27H34F4O. The average molecular weight is 451 g/mol. The van der Waals surface area contributed by atoms with Gasteiger partial charge in [0, 0.05) is 11.1 Å². The van der Waals surface area contributed by atoms with E-state index in [1.165, 1.54) is 30.7 Å². The van der Waals surface area contributed by atoms with Gasteiger partial charge in [0.05, 0.1) is 6.61 Å². The fraction of sp³-hybridized carbons (Fsp3) is 0.556. The minimum atomic E-state index is -1.22. The third-order valence-electron chi connectivity index (χ3n) is 6.69. The monoisotopic (exact) mass is 450 g/mol. The second-order valence-electron chi connectivity index (χ2n) is 8.98. The van der Waals surface area contributed by atoms with E-state index < -0.39 is 23.3 Å². The highest BCUT2D eigenvalue weighted by molar-refractivity contribution is 5.66. The smallest absolute Gasteiger partial charge is 0.201 e. The number of halogens is 4. The van der Waals surface area contributed by atoms with E-state index in [0.717, 1.165) is 57.8 Å². The second kappa shape index (κ2) is 11.7. The van der Waals surface area contributed by atoms with E-state index in [-0.39, 0.29) is 29.4 Å². The van der Waals surface area contributed by atoms with Crippen molar-refractivity contribution in [2.24, 2.45) is 5.92 Å². The largest absolute Gasteiger partial charge is 0.490 e. The molecule has 0 aliphatic heterocycles. The van der Waals surface area contributed by atoms with Gasteiger partial charge in [-0.2, -0.15) is 4.39 Å². The Morgan fingerprint density at radius 3 is 2.03 bits per heavy atom. The number of ether oxygens (including phenoxy) is 1. The van der Waals surface area contributed by atoms with Crippen molar-refractivity contribution in [1.29, 1.82) is 0 Å². The minimum Gasteiger partial charge on any atom is -0.490 e. The molecule has 0 N–H and O–H groups in total. The summed E-state index contributed by atoms with van der Waals surface area (Å²) in [5.74, 6) is -4.03. The van der Waals surface area contributed by atoms with Gasteiger partial charge in [-0.15, -0.1) is 0 Å². The predicted molar refractivity (Wildman–Crippen MR) is 121 cm³/mol. The summed E-state index contributed by atoms with van der Waals surface area (Å²) in [4.78, 5) is 0. The first-order chi connectivity index (χ1) is 15.5. The highest BCUT2D eigenvalue weighted by Crippen LogP contribution is 2.40. The second-order valence-corrected chi connectivity index (χ2v) is 8.98. The summed E-state index contributed by atoms with van der Waals surface area (Å²) in [5.41, 5.74) is -0.221. The molecule has 0 bridgehead atoms. The molecule has 176 valence electrons. The first-order valence-corrected chi connectivity index (χ1v) is 12.1. The van der Waals surface area contributed by atoms with Gasteiger partial charge < -0.3 is 4.74 Å². The van der Waals surface area contributed by atoms with Crippen LogP contribution in [0.4, 0.5) is 17.6 Å². The lowest BCUT2D eigenvalue weighted by molar-refractivity contribution is 0.285. The summed E-state index contributed by atoms with van der Waals surface area (Å²) in [5, 5.41) is 0. The summed E-state index contributed by atoms with van der Waals surface area (Å²) in [6.45, 7) is 4.53. The van der Waals surface area contributed by atoms with Crippen molar-refractivity contribution in [3.63, 3.8) is 0 Å². The molecule has 0 amide bonds. The van der Waals surface area contributed by atoms with Crippen molar-refractivity contribution in [3.05, 3.63) is 53.1 Å². The van der Waals surface area contributed by atoms with Gasteiger partial charge in [0.15, 0.2) is 23.2 Å². The van der Waals surface area contributed by atoms with Gasteiger partial charge in [-0.1, -0.05) is 58.1 Å². The van der Waals surface area contributed by atoms with Crippen LogP contribution in [0.2, 0.25) is 0 Å². The fourth-order valence-electron chi connectivity index (χ4n) is 4.82. The molecule has 2 aromatic carbocycles. The van der Waals surface area contributed by atoms with Gasteiger partial charge in [0.25, 0.3) is 0 Å². The maximum absolute atomic E-state index is 14.9. The molecule has 0 spiro atoms. The van der Waals surface area contributed by atoms with Gasteiger partial charge in [0.1, 0.15) is 0 Å². The third-order valence-corrected chi connectivity index (χ3v) is 6.69. The zero-order chi connectivity index (χ0) is 23.1. The molecule has 0 atom stereocenters. The van der Waals surface area contributed by atoms with Gasteiger partial charge >= 0.3 is 0 Å². The maximum atomic E-state index is 14.9. The zero-order valence-electron chi connectivity index (χ0n) is 19.2. The molecule has 0 unspecified atom stereocenters. The maximum Gasteiger partial charge on any atom is 0.201 e. The number of unbranched alkanes of at least 4 members (excludes halogenated alkanes) is 3. The van der Waals surface area contributed by atoms with Crippen LogP contribution in [0.5, 0.6) is 5.75 Å². The Kier molecular flexibility index (Phi) is 9.01. The number of benzene rings is 2. The van der Waals surface area contributed by atoms with Crippen molar-refractivity contribution < 1.29 is 22.3 Å². The summed E-state index contributed by atoms with van der Waals surface area (Å²) < 4.78 is 64.5. The Hall–Kier alpha value is -2.04. The first kappa shape index (κ1) is 24.6. The molecule has 2 aromatic rings. The van der Waals surface area contributed by atoms with Crippen LogP contribution >= 0.6 is 0 Å². The Labute approximate surface area is 189 Å². The van der Waals surface area contributed by atoms with Crippen LogP contribution in [0.3, 0.4) is 0 Å². The lowest BCUT2D eigenvalue weighted by atomic mass is 9.77. The highest BCUT2D eigenvalue weighted by atomic mass is 19.2. The minimum absolute atomic E-state index is 0.0308. The van der Waals surface area contributed by atoms with Crippen LogP contribution < -0.4 is 4.74 Å². The van der Waals surface area contributed by atoms with E-state index >= 15 is 0 Å². The first-order valence-electron chi connectivity index (χ1n) is 12.1. The van der Waals surface area contributed by atoms with E-state index in [9.17, 15) is 17.6 Å². The molecule has 0 saturated heterocycles. The van der Waals surface area contributed by atoms with Gasteiger partial charge in [0.2, 0.25) is 5.82 Å². The molecule has 1 fully saturated rings. The summed E-state index contributed by atoms with van der Waals surface area (Å²) >= 11 is 0. The molecule has 3 rings (SSSR count). The third kappa shape index (κ3) is 5.65. The Morgan fingerprint density at radius 2 is 1.38 bits per heavy atom. The zero-order valence-corrected chi connectivity index (χ0v) is 19.2. The van der Waals surface area contributed by atoms with Gasteiger partial charge in [-0.05, 0) is 61.6 Å². The predicted octanol–water partition coefficient (Wildman–Crippen LogP) is 8.94. The van der Waals surface area contributed by atoms with Crippen LogP contribution in [-0.2, 0) is 0 Å². The molecule has 1 aliphatic carbocycles. The van der Waals surface area contributed by atoms with Crippen molar-refractivity contribution in [1.82, 2.24) is 0 Å². The average Bonchev–Trinajstić information content (AvgIpc) is 2.80. The lowest BCUT2D eigenvalue weighted by Crippen LogP contribution is -2.15. The molecule has 0 aromatic heterocycles.